The van der Waals surface area contributed by atoms with Crippen LogP contribution in [0.1, 0.15) is 46.5 Å². The average molecular weight is 396 g/mol. The van der Waals surface area contributed by atoms with Gasteiger partial charge in [-0.1, -0.05) is 6.92 Å². The third-order valence-electron chi connectivity index (χ3n) is 4.22. The highest BCUT2D eigenvalue weighted by molar-refractivity contribution is 14.0. The average Bonchev–Trinajstić information content (AvgIpc) is 2.39. The molecule has 0 saturated heterocycles. The van der Waals surface area contributed by atoms with Crippen LogP contribution in [0.4, 0.5) is 0 Å². The quantitative estimate of drug-likeness (QED) is 0.427. The number of likely N-dealkylation sites (N-methyl/N-ethyl adjacent to an activating group) is 1. The fourth-order valence-electron chi connectivity index (χ4n) is 2.40. The van der Waals surface area contributed by atoms with E-state index in [1.165, 1.54) is 25.7 Å². The van der Waals surface area contributed by atoms with Gasteiger partial charge >= 0.3 is 0 Å². The molecule has 0 amide bonds. The van der Waals surface area contributed by atoms with Crippen molar-refractivity contribution >= 4 is 29.9 Å². The van der Waals surface area contributed by atoms with Gasteiger partial charge in [-0.25, -0.2) is 0 Å². The molecule has 0 bridgehead atoms. The molecule has 0 spiro atoms. The lowest BCUT2D eigenvalue weighted by molar-refractivity contribution is 0.277. The van der Waals surface area contributed by atoms with E-state index in [0.717, 1.165) is 25.0 Å². The highest BCUT2D eigenvalue weighted by atomic mass is 127. The Balaban J connectivity index is 0.00000361. The topological polar surface area (TPSA) is 39.7 Å². The number of guanidine groups is 1. The van der Waals surface area contributed by atoms with E-state index in [0.29, 0.717) is 12.1 Å². The summed E-state index contributed by atoms with van der Waals surface area (Å²) in [7, 11) is 4.01. The fourth-order valence-corrected chi connectivity index (χ4v) is 2.40. The zero-order chi connectivity index (χ0) is 14.3. The van der Waals surface area contributed by atoms with Gasteiger partial charge in [-0.05, 0) is 52.5 Å². The van der Waals surface area contributed by atoms with Gasteiger partial charge in [0.1, 0.15) is 0 Å². The summed E-state index contributed by atoms with van der Waals surface area (Å²) in [4.78, 5) is 6.65. The number of nitrogens with zero attached hydrogens (tertiary/aromatic N) is 2. The lowest BCUT2D eigenvalue weighted by Crippen LogP contribution is -2.46. The van der Waals surface area contributed by atoms with Crippen molar-refractivity contribution in [3.8, 4) is 0 Å². The Bertz CT molecular complexity index is 273. The van der Waals surface area contributed by atoms with Crippen LogP contribution >= 0.6 is 24.0 Å². The van der Waals surface area contributed by atoms with Crippen molar-refractivity contribution in [3.63, 3.8) is 0 Å². The molecule has 1 fully saturated rings. The summed E-state index contributed by atoms with van der Waals surface area (Å²) in [6.45, 7) is 8.77. The molecule has 1 rings (SSSR count). The van der Waals surface area contributed by atoms with Crippen LogP contribution in [-0.2, 0) is 0 Å². The Morgan fingerprint density at radius 2 is 1.85 bits per heavy atom. The second-order valence-electron chi connectivity index (χ2n) is 6.17. The van der Waals surface area contributed by atoms with Crippen LogP contribution in [0.5, 0.6) is 0 Å². The Labute approximate surface area is 142 Å². The van der Waals surface area contributed by atoms with Gasteiger partial charge < -0.3 is 15.5 Å². The summed E-state index contributed by atoms with van der Waals surface area (Å²) in [6, 6.07) is 1.20. The van der Waals surface area contributed by atoms with E-state index >= 15 is 0 Å². The SMILES string of the molecule is CN=C(NCCN(C)C(C)C)NC1CCC(C)CC1.I. The van der Waals surface area contributed by atoms with Gasteiger partial charge in [0, 0.05) is 32.2 Å². The Morgan fingerprint density at radius 1 is 1.25 bits per heavy atom. The van der Waals surface area contributed by atoms with E-state index in [1.807, 2.05) is 7.05 Å². The van der Waals surface area contributed by atoms with Crippen LogP contribution < -0.4 is 10.6 Å². The van der Waals surface area contributed by atoms with Gasteiger partial charge in [0.25, 0.3) is 0 Å². The molecule has 0 aliphatic heterocycles. The van der Waals surface area contributed by atoms with Gasteiger partial charge in [-0.15, -0.1) is 24.0 Å². The van der Waals surface area contributed by atoms with Crippen molar-refractivity contribution in [2.45, 2.75) is 58.5 Å². The minimum absolute atomic E-state index is 0. The minimum Gasteiger partial charge on any atom is -0.355 e. The molecule has 0 atom stereocenters. The molecule has 20 heavy (non-hydrogen) atoms. The lowest BCUT2D eigenvalue weighted by Gasteiger charge is -2.28. The van der Waals surface area contributed by atoms with Crippen molar-refractivity contribution in [3.05, 3.63) is 0 Å². The molecule has 1 saturated carbocycles. The molecular formula is C15H33IN4. The van der Waals surface area contributed by atoms with Crippen molar-refractivity contribution in [1.29, 1.82) is 0 Å². The highest BCUT2D eigenvalue weighted by Crippen LogP contribution is 2.23. The molecule has 0 unspecified atom stereocenters. The molecule has 120 valence electrons. The second kappa shape index (κ2) is 10.7. The first-order valence-corrected chi connectivity index (χ1v) is 7.70. The van der Waals surface area contributed by atoms with E-state index in [-0.39, 0.29) is 24.0 Å². The molecule has 5 heteroatoms. The van der Waals surface area contributed by atoms with Gasteiger partial charge in [0.05, 0.1) is 0 Å². The van der Waals surface area contributed by atoms with Crippen LogP contribution in [0.15, 0.2) is 4.99 Å². The molecule has 0 radical (unpaired) electrons. The van der Waals surface area contributed by atoms with Gasteiger partial charge in [-0.2, -0.15) is 0 Å². The van der Waals surface area contributed by atoms with Crippen molar-refractivity contribution < 1.29 is 0 Å². The summed E-state index contributed by atoms with van der Waals surface area (Å²) in [5, 5.41) is 6.96. The van der Waals surface area contributed by atoms with Crippen LogP contribution in [0.3, 0.4) is 0 Å². The smallest absolute Gasteiger partial charge is 0.191 e. The maximum absolute atomic E-state index is 4.32. The van der Waals surface area contributed by atoms with Gasteiger partial charge in [0.2, 0.25) is 0 Å². The van der Waals surface area contributed by atoms with Crippen LogP contribution in [-0.4, -0.2) is 50.1 Å². The summed E-state index contributed by atoms with van der Waals surface area (Å²) in [6.07, 6.45) is 5.22. The monoisotopic (exact) mass is 396 g/mol. The minimum atomic E-state index is 0. The summed E-state index contributed by atoms with van der Waals surface area (Å²) in [5.74, 6) is 1.85. The third kappa shape index (κ3) is 7.67. The van der Waals surface area contributed by atoms with Crippen LogP contribution in [0.2, 0.25) is 0 Å². The zero-order valence-electron chi connectivity index (χ0n) is 13.8. The van der Waals surface area contributed by atoms with E-state index in [4.69, 9.17) is 0 Å². The lowest BCUT2D eigenvalue weighted by atomic mass is 9.87. The predicted molar refractivity (Wildman–Crippen MR) is 99.1 cm³/mol. The molecule has 0 aromatic rings. The Morgan fingerprint density at radius 3 is 2.35 bits per heavy atom. The number of rotatable bonds is 5. The molecular weight excluding hydrogens is 363 g/mol. The molecule has 0 aromatic heterocycles. The van der Waals surface area contributed by atoms with E-state index in [1.54, 1.807) is 0 Å². The van der Waals surface area contributed by atoms with Gasteiger partial charge in [0.15, 0.2) is 5.96 Å². The first-order chi connectivity index (χ1) is 9.02. The van der Waals surface area contributed by atoms with E-state index in [9.17, 15) is 0 Å². The summed E-state index contributed by atoms with van der Waals surface area (Å²) >= 11 is 0. The third-order valence-corrected chi connectivity index (χ3v) is 4.22. The Hall–Kier alpha value is -0.0400. The predicted octanol–water partition coefficient (Wildman–Crippen LogP) is 2.69. The van der Waals surface area contributed by atoms with Crippen LogP contribution in [0, 0.1) is 5.92 Å². The molecule has 0 aromatic carbocycles. The molecule has 2 N–H and O–H groups in total. The van der Waals surface area contributed by atoms with Crippen molar-refractivity contribution in [2.24, 2.45) is 10.9 Å². The van der Waals surface area contributed by atoms with E-state index in [2.05, 4.69) is 48.3 Å². The summed E-state index contributed by atoms with van der Waals surface area (Å²) in [5.41, 5.74) is 0. The zero-order valence-corrected chi connectivity index (χ0v) is 16.1. The second-order valence-corrected chi connectivity index (χ2v) is 6.17. The maximum atomic E-state index is 4.32. The molecule has 1 aliphatic carbocycles. The number of aliphatic imine (C=N–C) groups is 1. The number of hydrogen-bond acceptors (Lipinski definition) is 2. The fraction of sp³-hybridized carbons (Fsp3) is 0.933. The number of halogens is 1. The van der Waals surface area contributed by atoms with Crippen LogP contribution in [0.25, 0.3) is 0 Å². The summed E-state index contributed by atoms with van der Waals surface area (Å²) < 4.78 is 0. The van der Waals surface area contributed by atoms with Crippen molar-refractivity contribution in [2.75, 3.05) is 27.2 Å². The Kier molecular flexibility index (Phi) is 10.6. The first-order valence-electron chi connectivity index (χ1n) is 7.70. The normalized spacial score (nSPS) is 23.6. The van der Waals surface area contributed by atoms with Gasteiger partial charge in [-0.3, -0.25) is 4.99 Å². The first kappa shape index (κ1) is 20.0. The standard InChI is InChI=1S/C15H32N4.HI/c1-12(2)19(5)11-10-17-15(16-4)18-14-8-6-13(3)7-9-14;/h12-14H,6-11H2,1-5H3,(H2,16,17,18);1H. The largest absolute Gasteiger partial charge is 0.355 e. The number of hydrogen-bond donors (Lipinski definition) is 2. The highest BCUT2D eigenvalue weighted by Gasteiger charge is 2.18. The number of nitrogens with one attached hydrogen (secondary N) is 2. The van der Waals surface area contributed by atoms with Crippen molar-refractivity contribution in [1.82, 2.24) is 15.5 Å². The molecule has 4 nitrogen and oxygen atoms in total. The maximum Gasteiger partial charge on any atom is 0.191 e. The molecule has 1 aliphatic rings. The van der Waals surface area contributed by atoms with E-state index < -0.39 is 0 Å². The molecule has 0 heterocycles.